The van der Waals surface area contributed by atoms with Crippen LogP contribution in [0.25, 0.3) is 0 Å². The molecule has 12 atom stereocenters. The molecular weight excluding hydrogens is 1100 g/mol. The van der Waals surface area contributed by atoms with Crippen molar-refractivity contribution < 1.29 is 57.8 Å². The van der Waals surface area contributed by atoms with Crippen molar-refractivity contribution >= 4 is 65.0 Å². The lowest BCUT2D eigenvalue weighted by Crippen LogP contribution is -2.64. The third kappa shape index (κ3) is 21.0. The van der Waals surface area contributed by atoms with Gasteiger partial charge in [0.1, 0.15) is 60.4 Å². The third-order valence-electron chi connectivity index (χ3n) is 16.3. The van der Waals surface area contributed by atoms with Crippen LogP contribution in [0.15, 0.2) is 12.2 Å². The van der Waals surface area contributed by atoms with E-state index >= 15 is 14.4 Å². The van der Waals surface area contributed by atoms with E-state index in [1.807, 2.05) is 47.6 Å². The summed E-state index contributed by atoms with van der Waals surface area (Å²) >= 11 is 0. The first-order valence-electron chi connectivity index (χ1n) is 30.8. The summed E-state index contributed by atoms with van der Waals surface area (Å²) in [5.74, 6) is -10.3. The molecule has 11 amide bonds. The van der Waals surface area contributed by atoms with Gasteiger partial charge in [-0.25, -0.2) is 0 Å². The summed E-state index contributed by atoms with van der Waals surface area (Å²) in [6, 6.07) is -12.5. The number of hydrogen-bond acceptors (Lipinski definition) is 12. The predicted molar refractivity (Wildman–Crippen MR) is 333 cm³/mol. The molecule has 1 heterocycles. The topological polar surface area (TPSA) is 279 Å². The Kier molecular flexibility index (Phi) is 30.7. The number of aliphatic hydroxyl groups is 1. The smallest absolute Gasteiger partial charge is 0.246 e. The highest BCUT2D eigenvalue weighted by atomic mass is 16.3. The molecule has 23 heteroatoms. The lowest BCUT2D eigenvalue weighted by molar-refractivity contribution is -0.158. The largest absolute Gasteiger partial charge is 0.390 e. The van der Waals surface area contributed by atoms with E-state index in [1.165, 1.54) is 87.7 Å². The van der Waals surface area contributed by atoms with Crippen molar-refractivity contribution in [2.45, 2.75) is 224 Å². The van der Waals surface area contributed by atoms with Crippen LogP contribution >= 0.6 is 0 Å². The van der Waals surface area contributed by atoms with Crippen LogP contribution in [-0.2, 0) is 52.7 Å². The van der Waals surface area contributed by atoms with Crippen LogP contribution in [0.5, 0.6) is 0 Å². The van der Waals surface area contributed by atoms with Crippen molar-refractivity contribution in [3.05, 3.63) is 12.2 Å². The summed E-state index contributed by atoms with van der Waals surface area (Å²) in [7, 11) is 9.90. The molecule has 23 nitrogen and oxygen atoms in total. The molecule has 0 bridgehead atoms. The van der Waals surface area contributed by atoms with Crippen LogP contribution in [0.4, 0.5) is 0 Å². The summed E-state index contributed by atoms with van der Waals surface area (Å²) in [5, 5.41) is 23.2. The maximum atomic E-state index is 15.2. The second-order valence-corrected chi connectivity index (χ2v) is 27.5. The van der Waals surface area contributed by atoms with E-state index in [0.29, 0.717) is 6.42 Å². The zero-order chi connectivity index (χ0) is 67.1. The number of allylic oxidation sites excluding steroid dienone is 2. The minimum absolute atomic E-state index is 0.131. The Labute approximate surface area is 515 Å². The molecular formula is C63H113N11O12. The van der Waals surface area contributed by atoms with E-state index in [1.54, 1.807) is 82.2 Å². The number of nitrogens with zero attached hydrogens (tertiary/aromatic N) is 7. The molecule has 1 aliphatic heterocycles. The number of hydrogen-bond donors (Lipinski definition) is 5. The highest BCUT2D eigenvalue weighted by molar-refractivity contribution is 5.99. The number of likely N-dealkylation sites (N-methyl/N-ethyl adjacent to an activating group) is 7. The van der Waals surface area contributed by atoms with Crippen LogP contribution in [0, 0.1) is 46.8 Å². The van der Waals surface area contributed by atoms with Gasteiger partial charge in [-0.3, -0.25) is 52.7 Å². The van der Waals surface area contributed by atoms with E-state index in [0.717, 1.165) is 9.80 Å². The standard InChI is InChI=1S/C63H113N11O12/c1-27-28-29-40(14)51(76)50-56(80)67-47(37(8)9)59(83)68(20)33-46(75)69(21)43(30-34(2)3)55(79)66-48(38(10)11)60(84)70(22)44(31-35(4)5)54(78)64-41(15)53(77)65-42(16)57(81)74(26)52(63(17,18)19)62(86)71(23)45(32-36(6)7)58(82)72(24)49(39(12)13)61(85)73(50)25/h27-28,34-45,47-52,76H,29-33H2,1-26H3,(H,64,78)(H,65,77)(H,66,79)(H,67,80)/b28-27+. The molecule has 0 radical (unpaired) electrons. The molecule has 0 aliphatic carbocycles. The van der Waals surface area contributed by atoms with Gasteiger partial charge in [0.05, 0.1) is 12.6 Å². The molecule has 0 aromatic rings. The van der Waals surface area contributed by atoms with Crippen molar-refractivity contribution in [1.82, 2.24) is 55.6 Å². The number of aliphatic hydroxyl groups excluding tert-OH is 1. The summed E-state index contributed by atoms with van der Waals surface area (Å²) in [4.78, 5) is 169. The molecule has 12 unspecified atom stereocenters. The fourth-order valence-corrected chi connectivity index (χ4v) is 11.0. The second-order valence-electron chi connectivity index (χ2n) is 27.5. The van der Waals surface area contributed by atoms with Crippen LogP contribution in [0.2, 0.25) is 0 Å². The molecule has 0 aromatic carbocycles. The third-order valence-corrected chi connectivity index (χ3v) is 16.3. The summed E-state index contributed by atoms with van der Waals surface area (Å²) in [5.41, 5.74) is -0.960. The summed E-state index contributed by atoms with van der Waals surface area (Å²) in [6.45, 7) is 32.5. The second kappa shape index (κ2) is 33.8. The lowest BCUT2D eigenvalue weighted by atomic mass is 9.84. The van der Waals surface area contributed by atoms with Gasteiger partial charge in [-0.15, -0.1) is 0 Å². The molecule has 86 heavy (non-hydrogen) atoms. The highest BCUT2D eigenvalue weighted by Gasteiger charge is 2.47. The van der Waals surface area contributed by atoms with Crippen LogP contribution < -0.4 is 21.3 Å². The maximum Gasteiger partial charge on any atom is 0.246 e. The minimum Gasteiger partial charge on any atom is -0.390 e. The van der Waals surface area contributed by atoms with Gasteiger partial charge >= 0.3 is 0 Å². The fraction of sp³-hybridized carbons (Fsp3) is 0.794. The van der Waals surface area contributed by atoms with E-state index in [9.17, 15) is 43.5 Å². The molecule has 1 saturated heterocycles. The van der Waals surface area contributed by atoms with Gasteiger partial charge in [-0.2, -0.15) is 0 Å². The molecule has 1 rings (SSSR count). The summed E-state index contributed by atoms with van der Waals surface area (Å²) < 4.78 is 0. The monoisotopic (exact) mass is 1220 g/mol. The summed E-state index contributed by atoms with van der Waals surface area (Å²) in [6.07, 6.45) is 2.82. The first kappa shape index (κ1) is 77.9. The molecule has 492 valence electrons. The van der Waals surface area contributed by atoms with Gasteiger partial charge in [-0.05, 0) is 93.3 Å². The molecule has 5 N–H and O–H groups in total. The van der Waals surface area contributed by atoms with Crippen LogP contribution in [0.1, 0.15) is 157 Å². The van der Waals surface area contributed by atoms with Gasteiger partial charge < -0.3 is 60.7 Å². The normalized spacial score (nSPS) is 26.9. The van der Waals surface area contributed by atoms with Crippen molar-refractivity contribution in [2.24, 2.45) is 46.8 Å². The molecule has 1 aliphatic rings. The van der Waals surface area contributed by atoms with Crippen LogP contribution in [0.3, 0.4) is 0 Å². The average Bonchev–Trinajstić information content (AvgIpc) is 1.84. The van der Waals surface area contributed by atoms with Gasteiger partial charge in [-0.1, -0.05) is 123 Å². The zero-order valence-corrected chi connectivity index (χ0v) is 57.2. The SMILES string of the molecule is C/C=C/CC(C)C(O)C1C(=O)NC(C(C)C)C(=O)N(C)CC(=O)N(C)C(CC(C)C)C(=O)NC(C(C)C)C(=O)N(C)C(CC(C)C)C(=O)NC(C)C(=O)NC(C)C(=O)N(C)C(C(C)(C)C)C(=O)N(C)C(CC(C)C)C(=O)N(C)C(C(C)C)C(=O)N1C. The maximum absolute atomic E-state index is 15.2. The quantitative estimate of drug-likeness (QED) is 0.166. The van der Waals surface area contributed by atoms with Crippen LogP contribution in [-0.4, -0.2) is 227 Å². The van der Waals surface area contributed by atoms with E-state index < -0.39 is 167 Å². The minimum atomic E-state index is -1.63. The van der Waals surface area contributed by atoms with Crippen molar-refractivity contribution in [2.75, 3.05) is 55.9 Å². The zero-order valence-electron chi connectivity index (χ0n) is 57.2. The molecule has 0 aromatic heterocycles. The Morgan fingerprint density at radius 3 is 1.34 bits per heavy atom. The van der Waals surface area contributed by atoms with E-state index in [4.69, 9.17) is 0 Å². The van der Waals surface area contributed by atoms with Gasteiger partial charge in [0.25, 0.3) is 0 Å². The highest BCUT2D eigenvalue weighted by Crippen LogP contribution is 2.29. The number of nitrogens with one attached hydrogen (secondary N) is 4. The van der Waals surface area contributed by atoms with Gasteiger partial charge in [0, 0.05) is 49.3 Å². The Morgan fingerprint density at radius 1 is 0.465 bits per heavy atom. The number of carbonyl (C=O) groups is 11. The molecule has 1 fully saturated rings. The first-order valence-corrected chi connectivity index (χ1v) is 30.8. The lowest BCUT2D eigenvalue weighted by Gasteiger charge is -2.43. The Balaban J connectivity index is 4.38. The van der Waals surface area contributed by atoms with Crippen molar-refractivity contribution in [3.8, 4) is 0 Å². The van der Waals surface area contributed by atoms with Crippen molar-refractivity contribution in [1.29, 1.82) is 0 Å². The Bertz CT molecular complexity index is 2390. The molecule has 0 saturated carbocycles. The van der Waals surface area contributed by atoms with E-state index in [2.05, 4.69) is 21.3 Å². The Morgan fingerprint density at radius 2 is 0.884 bits per heavy atom. The fourth-order valence-electron chi connectivity index (χ4n) is 11.0. The molecule has 0 spiro atoms. The first-order chi connectivity index (χ1) is 39.4. The van der Waals surface area contributed by atoms with Gasteiger partial charge in [0.15, 0.2) is 0 Å². The van der Waals surface area contributed by atoms with Gasteiger partial charge in [0.2, 0.25) is 65.0 Å². The van der Waals surface area contributed by atoms with Crippen molar-refractivity contribution in [3.63, 3.8) is 0 Å². The Hall–Kier alpha value is -6.13. The number of rotatable bonds is 13. The number of amides is 11. The average molecular weight is 1220 g/mol. The predicted octanol–water partition coefficient (Wildman–Crippen LogP) is 3.52. The number of carbonyl (C=O) groups excluding carboxylic acids is 11. The van der Waals surface area contributed by atoms with E-state index in [-0.39, 0.29) is 37.0 Å².